The zero-order valence-corrected chi connectivity index (χ0v) is 60.5. The van der Waals surface area contributed by atoms with Crippen molar-refractivity contribution >= 4 is 118 Å². The summed E-state index contributed by atoms with van der Waals surface area (Å²) >= 11 is 0. The lowest BCUT2D eigenvalue weighted by Gasteiger charge is -2.46. The second kappa shape index (κ2) is 26.0. The van der Waals surface area contributed by atoms with E-state index in [0.717, 1.165) is 62.2 Å². The van der Waals surface area contributed by atoms with Crippen molar-refractivity contribution in [2.45, 2.75) is 141 Å². The van der Waals surface area contributed by atoms with E-state index in [2.05, 4.69) is 264 Å². The van der Waals surface area contributed by atoms with Crippen molar-refractivity contribution in [3.8, 4) is 0 Å². The number of hydrogen-bond donors (Lipinski definition) is 0. The van der Waals surface area contributed by atoms with Gasteiger partial charge in [-0.1, -0.05) is 163 Å². The Morgan fingerprint density at radius 1 is 0.289 bits per heavy atom. The summed E-state index contributed by atoms with van der Waals surface area (Å²) in [6.45, 7) is 45.5. The van der Waals surface area contributed by atoms with Gasteiger partial charge in [0.15, 0.2) is 49.9 Å². The van der Waals surface area contributed by atoms with Crippen LogP contribution in [0.15, 0.2) is 176 Å². The summed E-state index contributed by atoms with van der Waals surface area (Å²) in [4.78, 5) is 0. The van der Waals surface area contributed by atoms with Gasteiger partial charge in [-0.05, 0) is 162 Å². The smallest absolute Gasteiger partial charge is 0.430 e. The van der Waals surface area contributed by atoms with Crippen molar-refractivity contribution in [1.82, 2.24) is 0 Å². The van der Waals surface area contributed by atoms with Crippen LogP contribution in [0.3, 0.4) is 0 Å². The number of hydrogen-bond acceptors (Lipinski definition) is 8. The second-order valence-electron chi connectivity index (χ2n) is 25.2. The summed E-state index contributed by atoms with van der Waals surface area (Å²) in [5.41, 5.74) is 3.97. The zero-order chi connectivity index (χ0) is 56.4. The van der Waals surface area contributed by atoms with E-state index in [1.165, 1.54) is 0 Å². The monoisotopic (exact) mass is 1210 g/mol. The van der Waals surface area contributed by atoms with E-state index < -0.39 is 92.5 Å². The molecule has 0 unspecified atom stereocenters. The van der Waals surface area contributed by atoms with E-state index >= 15 is 0 Å². The number of rotatable bonds is 31. The van der Waals surface area contributed by atoms with E-state index in [0.29, 0.717) is 0 Å². The van der Waals surface area contributed by atoms with Crippen molar-refractivity contribution < 1.29 is 33.2 Å². The number of benzene rings is 5. The maximum Gasteiger partial charge on any atom is 0.506 e. The lowest BCUT2D eigenvalue weighted by atomic mass is 10.4. The van der Waals surface area contributed by atoms with Crippen LogP contribution in [0.5, 0.6) is 0 Å². The van der Waals surface area contributed by atoms with E-state index in [1.807, 2.05) is 24.6 Å². The molecule has 0 amide bonds. The fourth-order valence-corrected chi connectivity index (χ4v) is 59.2. The highest BCUT2D eigenvalue weighted by atomic mass is 28.5. The van der Waals surface area contributed by atoms with Crippen molar-refractivity contribution in [1.29, 1.82) is 0 Å². The van der Waals surface area contributed by atoms with Crippen molar-refractivity contribution in [3.63, 3.8) is 0 Å². The molecule has 0 aliphatic carbocycles. The van der Waals surface area contributed by atoms with Crippen LogP contribution in [0.4, 0.5) is 0 Å². The van der Waals surface area contributed by atoms with Crippen LogP contribution in [0.1, 0.15) is 0 Å². The average molecular weight is 1220 g/mol. The normalized spacial score (nSPS) is 13.9. The Morgan fingerprint density at radius 2 is 0.500 bits per heavy atom. The van der Waals surface area contributed by atoms with E-state index in [9.17, 15) is 0 Å². The molecule has 0 atom stereocenters. The first-order chi connectivity index (χ1) is 35.3. The molecule has 5 aromatic rings. The SMILES string of the molecule is C=C[Si](C)(C)O[Si](O[Si](C)(C)C=C)(O[Si](C)(C)CC[Si](C)(C)O[Si](O[Si](C)(C)CC[Si](C)(C)O[Si](O[Si](C)(C)CC[Si](C)(C)OC)(c1ccccc1)c1ccccc1)(c1ccccc1)c1ccccc1)c1ccccc1. The second-order valence-corrected chi connectivity index (χ2v) is 69.1. The van der Waals surface area contributed by atoms with Gasteiger partial charge < -0.3 is 33.2 Å². The van der Waals surface area contributed by atoms with Gasteiger partial charge in [0.25, 0.3) is 0 Å². The summed E-state index contributed by atoms with van der Waals surface area (Å²) < 4.78 is 60.1. The minimum absolute atomic E-state index is 0.862. The highest BCUT2D eigenvalue weighted by Crippen LogP contribution is 2.35. The van der Waals surface area contributed by atoms with Crippen LogP contribution in [-0.4, -0.2) is 99.6 Å². The molecule has 0 saturated carbocycles. The molecule has 5 aromatic carbocycles. The van der Waals surface area contributed by atoms with Crippen molar-refractivity contribution in [3.05, 3.63) is 176 Å². The van der Waals surface area contributed by atoms with E-state index in [4.69, 9.17) is 33.2 Å². The van der Waals surface area contributed by atoms with Crippen LogP contribution in [0.2, 0.25) is 141 Å². The first-order valence-corrected chi connectivity index (χ1v) is 57.3. The van der Waals surface area contributed by atoms with Crippen molar-refractivity contribution in [2.24, 2.45) is 0 Å². The Morgan fingerprint density at radius 3 is 0.724 bits per heavy atom. The molecule has 0 N–H and O–H groups in total. The van der Waals surface area contributed by atoms with Gasteiger partial charge in [-0.2, -0.15) is 0 Å². The van der Waals surface area contributed by atoms with Gasteiger partial charge in [-0.15, -0.1) is 13.2 Å². The molecular formula is C57H94O8Si11. The van der Waals surface area contributed by atoms with Gasteiger partial charge in [-0.25, -0.2) is 0 Å². The quantitative estimate of drug-likeness (QED) is 0.0407. The molecule has 0 fully saturated rings. The fourth-order valence-electron chi connectivity index (χ4n) is 9.22. The Kier molecular flexibility index (Phi) is 22.1. The zero-order valence-electron chi connectivity index (χ0n) is 49.5. The third kappa shape index (κ3) is 18.3. The first-order valence-electron chi connectivity index (χ1n) is 27.3. The highest BCUT2D eigenvalue weighted by molar-refractivity contribution is 7.04. The Bertz CT molecular complexity index is 2490. The first kappa shape index (κ1) is 64.5. The van der Waals surface area contributed by atoms with E-state index in [1.54, 1.807) is 0 Å². The average Bonchev–Trinajstić information content (AvgIpc) is 3.37. The lowest BCUT2D eigenvalue weighted by molar-refractivity contribution is 0.274. The van der Waals surface area contributed by atoms with Crippen LogP contribution in [0.25, 0.3) is 0 Å². The summed E-state index contributed by atoms with van der Waals surface area (Å²) in [5.74, 6) is 0. The summed E-state index contributed by atoms with van der Waals surface area (Å²) in [6.07, 6.45) is 0. The topological polar surface area (TPSA) is 73.8 Å². The Labute approximate surface area is 472 Å². The molecular weight excluding hydrogens is 1120 g/mol. The van der Waals surface area contributed by atoms with Crippen LogP contribution in [0, 0.1) is 0 Å². The van der Waals surface area contributed by atoms with Crippen LogP contribution in [-0.2, 0) is 33.2 Å². The third-order valence-electron chi connectivity index (χ3n) is 14.2. The van der Waals surface area contributed by atoms with Gasteiger partial charge in [0.2, 0.25) is 16.6 Å². The molecule has 0 spiro atoms. The Hall–Kier alpha value is -2.35. The molecule has 0 aromatic heterocycles. The minimum Gasteiger partial charge on any atom is -0.430 e. The summed E-state index contributed by atoms with van der Waals surface area (Å²) in [6, 6.07) is 59.4. The molecule has 19 heteroatoms. The van der Waals surface area contributed by atoms with E-state index in [-0.39, 0.29) is 0 Å². The van der Waals surface area contributed by atoms with Crippen LogP contribution >= 0.6 is 0 Å². The predicted molar refractivity (Wildman–Crippen MR) is 351 cm³/mol. The predicted octanol–water partition coefficient (Wildman–Crippen LogP) is 13.2. The molecule has 76 heavy (non-hydrogen) atoms. The highest BCUT2D eigenvalue weighted by Gasteiger charge is 2.56. The van der Waals surface area contributed by atoms with Crippen molar-refractivity contribution in [2.75, 3.05) is 7.11 Å². The molecule has 0 saturated heterocycles. The molecule has 0 aliphatic heterocycles. The molecule has 0 bridgehead atoms. The summed E-state index contributed by atoms with van der Waals surface area (Å²) in [7, 11) is -27.5. The molecule has 0 heterocycles. The van der Waals surface area contributed by atoms with Gasteiger partial charge in [0, 0.05) is 12.3 Å². The fraction of sp³-hybridized carbons (Fsp3) is 0.404. The molecule has 414 valence electrons. The molecule has 5 rings (SSSR count). The lowest BCUT2D eigenvalue weighted by Crippen LogP contribution is -2.71. The van der Waals surface area contributed by atoms with Crippen LogP contribution < -0.4 is 25.9 Å². The van der Waals surface area contributed by atoms with Gasteiger partial charge in [0.1, 0.15) is 0 Å². The largest absolute Gasteiger partial charge is 0.506 e. The minimum atomic E-state index is -3.51. The molecule has 0 aliphatic rings. The maximum atomic E-state index is 8.06. The third-order valence-corrected chi connectivity index (χ3v) is 55.9. The van der Waals surface area contributed by atoms with Gasteiger partial charge in [-0.3, -0.25) is 0 Å². The Balaban J connectivity index is 1.51. The maximum absolute atomic E-state index is 8.06. The standard InChI is InChI=1S/C57H94O8Si11/c1-20-66(4,5)63-76(64-67(6,7)21-2,57-45-35-26-36-46-57)65-73(18,19)52-51-72(16,17)62-75(55-41-31-24-32-42-55,56-43-33-25-34-44-56)61-71(14,15)50-49-70(12,13)60-74(53-37-27-22-28-38-53,54-39-29-23-30-40-54)59-69(10,11)48-47-68(8,9)58-3/h20-46H,1-2,47-52H2,3-19H3. The molecule has 8 nitrogen and oxygen atoms in total. The summed E-state index contributed by atoms with van der Waals surface area (Å²) in [5, 5.41) is 5.57. The van der Waals surface area contributed by atoms with Gasteiger partial charge >= 0.3 is 25.9 Å². The van der Waals surface area contributed by atoms with Gasteiger partial charge in [0.05, 0.1) is 0 Å². The molecule has 0 radical (unpaired) electrons.